The molecule has 0 spiro atoms. The van der Waals surface area contributed by atoms with Crippen LogP contribution in [0.3, 0.4) is 0 Å². The molecule has 0 unspecified atom stereocenters. The molecule has 1 aromatic carbocycles. The van der Waals surface area contributed by atoms with E-state index in [9.17, 15) is 14.0 Å². The molecule has 0 aliphatic carbocycles. The molecule has 0 fully saturated rings. The van der Waals surface area contributed by atoms with E-state index in [0.29, 0.717) is 44.0 Å². The number of amides is 2. The molecule has 23 heavy (non-hydrogen) atoms. The standard InChI is InChI=1S/C16H23FN2O4/c1-2-18-15(20)12-23-10-9-22-8-7-19-16(21)14-5-3-13(11-17)4-6-14/h3-6H,2,7-12H2,1H3,(H,18,20)(H,19,21). The van der Waals surface area contributed by atoms with Crippen molar-refractivity contribution < 1.29 is 23.5 Å². The molecule has 0 aromatic heterocycles. The predicted molar refractivity (Wildman–Crippen MR) is 83.9 cm³/mol. The molecule has 0 atom stereocenters. The summed E-state index contributed by atoms with van der Waals surface area (Å²) in [5, 5.41) is 5.32. The van der Waals surface area contributed by atoms with Crippen molar-refractivity contribution in [3.63, 3.8) is 0 Å². The first-order valence-corrected chi connectivity index (χ1v) is 7.52. The minimum atomic E-state index is -0.544. The summed E-state index contributed by atoms with van der Waals surface area (Å²) in [5.74, 6) is -0.384. The summed E-state index contributed by atoms with van der Waals surface area (Å²) in [5.41, 5.74) is 1.02. The summed E-state index contributed by atoms with van der Waals surface area (Å²) in [6.45, 7) is 3.26. The summed E-state index contributed by atoms with van der Waals surface area (Å²) in [7, 11) is 0. The zero-order valence-corrected chi connectivity index (χ0v) is 13.3. The van der Waals surface area contributed by atoms with E-state index in [1.165, 1.54) is 0 Å². The van der Waals surface area contributed by atoms with Gasteiger partial charge in [-0.15, -0.1) is 0 Å². The Morgan fingerprint density at radius 2 is 1.74 bits per heavy atom. The van der Waals surface area contributed by atoms with Crippen LogP contribution in [0.25, 0.3) is 0 Å². The molecule has 6 nitrogen and oxygen atoms in total. The summed E-state index contributed by atoms with van der Waals surface area (Å²) < 4.78 is 22.8. The lowest BCUT2D eigenvalue weighted by molar-refractivity contribution is -0.126. The number of hydrogen-bond acceptors (Lipinski definition) is 4. The van der Waals surface area contributed by atoms with Crippen LogP contribution in [0.15, 0.2) is 24.3 Å². The largest absolute Gasteiger partial charge is 0.377 e. The van der Waals surface area contributed by atoms with Gasteiger partial charge in [0.15, 0.2) is 0 Å². The van der Waals surface area contributed by atoms with Gasteiger partial charge in [0.05, 0.1) is 19.8 Å². The third-order valence-corrected chi connectivity index (χ3v) is 2.88. The third-order valence-electron chi connectivity index (χ3n) is 2.88. The van der Waals surface area contributed by atoms with Crippen molar-refractivity contribution in [3.8, 4) is 0 Å². The van der Waals surface area contributed by atoms with Crippen LogP contribution in [0.1, 0.15) is 22.8 Å². The van der Waals surface area contributed by atoms with E-state index in [-0.39, 0.29) is 18.4 Å². The number of benzene rings is 1. The molecule has 1 rings (SSSR count). The predicted octanol–water partition coefficient (Wildman–Crippen LogP) is 1.06. The van der Waals surface area contributed by atoms with Crippen molar-refractivity contribution in [1.29, 1.82) is 0 Å². The van der Waals surface area contributed by atoms with Crippen molar-refractivity contribution in [1.82, 2.24) is 10.6 Å². The SMILES string of the molecule is CCNC(=O)COCCOCCNC(=O)c1ccc(CF)cc1. The van der Waals surface area contributed by atoms with Crippen molar-refractivity contribution in [2.45, 2.75) is 13.6 Å². The molecule has 2 N–H and O–H groups in total. The van der Waals surface area contributed by atoms with Crippen LogP contribution in [0.4, 0.5) is 4.39 Å². The number of nitrogens with one attached hydrogen (secondary N) is 2. The Kier molecular flexibility index (Phi) is 9.58. The first kappa shape index (κ1) is 19.1. The van der Waals surface area contributed by atoms with E-state index in [1.807, 2.05) is 6.92 Å². The molecule has 0 aliphatic rings. The molecule has 2 amide bonds. The average molecular weight is 326 g/mol. The summed E-state index contributed by atoms with van der Waals surface area (Å²) in [6.07, 6.45) is 0. The number of carbonyl (C=O) groups is 2. The summed E-state index contributed by atoms with van der Waals surface area (Å²) in [6, 6.07) is 6.33. The first-order chi connectivity index (χ1) is 11.2. The Morgan fingerprint density at radius 1 is 1.04 bits per heavy atom. The van der Waals surface area contributed by atoms with Crippen molar-refractivity contribution in [3.05, 3.63) is 35.4 Å². The first-order valence-electron chi connectivity index (χ1n) is 7.52. The van der Waals surface area contributed by atoms with Gasteiger partial charge >= 0.3 is 0 Å². The van der Waals surface area contributed by atoms with Crippen LogP contribution in [0.5, 0.6) is 0 Å². The second kappa shape index (κ2) is 11.6. The Labute approximate surface area is 135 Å². The molecule has 0 aliphatic heterocycles. The molecule has 0 radical (unpaired) electrons. The van der Waals surface area contributed by atoms with E-state index in [4.69, 9.17) is 9.47 Å². The van der Waals surface area contributed by atoms with Crippen LogP contribution in [0, 0.1) is 0 Å². The second-order valence-electron chi connectivity index (χ2n) is 4.70. The lowest BCUT2D eigenvalue weighted by Crippen LogP contribution is -2.29. The molecule has 128 valence electrons. The van der Waals surface area contributed by atoms with Gasteiger partial charge in [-0.2, -0.15) is 0 Å². The van der Waals surface area contributed by atoms with E-state index < -0.39 is 6.67 Å². The minimum absolute atomic E-state index is 0.0167. The number of ether oxygens (including phenoxy) is 2. The summed E-state index contributed by atoms with van der Waals surface area (Å²) in [4.78, 5) is 22.9. The van der Waals surface area contributed by atoms with E-state index >= 15 is 0 Å². The van der Waals surface area contributed by atoms with Crippen LogP contribution < -0.4 is 10.6 Å². The van der Waals surface area contributed by atoms with Gasteiger partial charge in [-0.05, 0) is 24.6 Å². The molecule has 7 heteroatoms. The topological polar surface area (TPSA) is 76.7 Å². The monoisotopic (exact) mass is 326 g/mol. The van der Waals surface area contributed by atoms with E-state index in [0.717, 1.165) is 0 Å². The van der Waals surface area contributed by atoms with Crippen molar-refractivity contribution >= 4 is 11.8 Å². The quantitative estimate of drug-likeness (QED) is 0.596. The fourth-order valence-electron chi connectivity index (χ4n) is 1.72. The van der Waals surface area contributed by atoms with Gasteiger partial charge in [0.1, 0.15) is 13.3 Å². The van der Waals surface area contributed by atoms with Gasteiger partial charge in [-0.1, -0.05) is 12.1 Å². The maximum absolute atomic E-state index is 12.4. The fourth-order valence-corrected chi connectivity index (χ4v) is 1.72. The van der Waals surface area contributed by atoms with Crippen LogP contribution >= 0.6 is 0 Å². The normalized spacial score (nSPS) is 10.3. The lowest BCUT2D eigenvalue weighted by Gasteiger charge is -2.07. The van der Waals surface area contributed by atoms with Gasteiger partial charge in [0.25, 0.3) is 5.91 Å². The Bertz CT molecular complexity index is 479. The molecule has 0 bridgehead atoms. The third kappa shape index (κ3) is 8.27. The highest BCUT2D eigenvalue weighted by molar-refractivity contribution is 5.94. The highest BCUT2D eigenvalue weighted by Crippen LogP contribution is 2.05. The van der Waals surface area contributed by atoms with Gasteiger partial charge in [0.2, 0.25) is 5.91 Å². The second-order valence-corrected chi connectivity index (χ2v) is 4.70. The highest BCUT2D eigenvalue weighted by atomic mass is 19.1. The molecular formula is C16H23FN2O4. The van der Waals surface area contributed by atoms with E-state index in [2.05, 4.69) is 10.6 Å². The van der Waals surface area contributed by atoms with Crippen LogP contribution in [-0.2, 0) is 20.9 Å². The smallest absolute Gasteiger partial charge is 0.251 e. The Morgan fingerprint density at radius 3 is 2.39 bits per heavy atom. The maximum Gasteiger partial charge on any atom is 0.251 e. The van der Waals surface area contributed by atoms with Gasteiger partial charge in [-0.25, -0.2) is 4.39 Å². The maximum atomic E-state index is 12.4. The number of carbonyl (C=O) groups excluding carboxylic acids is 2. The Balaban J connectivity index is 2.04. The van der Waals surface area contributed by atoms with Crippen molar-refractivity contribution in [2.75, 3.05) is 39.5 Å². The van der Waals surface area contributed by atoms with Gasteiger partial charge < -0.3 is 20.1 Å². The minimum Gasteiger partial charge on any atom is -0.377 e. The number of hydrogen-bond donors (Lipinski definition) is 2. The number of rotatable bonds is 11. The van der Waals surface area contributed by atoms with E-state index in [1.54, 1.807) is 24.3 Å². The van der Waals surface area contributed by atoms with Gasteiger partial charge in [0, 0.05) is 18.7 Å². The molecule has 0 saturated heterocycles. The number of alkyl halides is 1. The number of halogens is 1. The zero-order valence-electron chi connectivity index (χ0n) is 13.3. The van der Waals surface area contributed by atoms with Crippen LogP contribution in [-0.4, -0.2) is 51.3 Å². The Hall–Kier alpha value is -1.99. The summed E-state index contributed by atoms with van der Waals surface area (Å²) >= 11 is 0. The van der Waals surface area contributed by atoms with Crippen molar-refractivity contribution in [2.24, 2.45) is 0 Å². The van der Waals surface area contributed by atoms with Crippen LogP contribution in [0.2, 0.25) is 0 Å². The highest BCUT2D eigenvalue weighted by Gasteiger charge is 2.04. The molecule has 0 saturated carbocycles. The zero-order chi connectivity index (χ0) is 16.9. The molecule has 1 aromatic rings. The molecular weight excluding hydrogens is 303 g/mol. The molecule has 0 heterocycles. The fraction of sp³-hybridized carbons (Fsp3) is 0.500. The average Bonchev–Trinajstić information content (AvgIpc) is 2.57. The lowest BCUT2D eigenvalue weighted by atomic mass is 10.1. The number of likely N-dealkylation sites (N-methyl/N-ethyl adjacent to an activating group) is 1. The van der Waals surface area contributed by atoms with Gasteiger partial charge in [-0.3, -0.25) is 9.59 Å².